The van der Waals surface area contributed by atoms with Crippen molar-refractivity contribution in [2.24, 2.45) is 0 Å². The summed E-state index contributed by atoms with van der Waals surface area (Å²) < 4.78 is 0. The monoisotopic (exact) mass is 414 g/mol. The molecule has 4 heteroatoms. The molecule has 30 heavy (non-hydrogen) atoms. The van der Waals surface area contributed by atoms with Crippen molar-refractivity contribution in [2.75, 3.05) is 6.54 Å². The molecule has 0 aliphatic carbocycles. The molecule has 150 valence electrons. The molecule has 0 radical (unpaired) electrons. The quantitative estimate of drug-likeness (QED) is 0.414. The predicted molar refractivity (Wildman–Crippen MR) is 124 cm³/mol. The van der Waals surface area contributed by atoms with Gasteiger partial charge < -0.3 is 5.32 Å². The summed E-state index contributed by atoms with van der Waals surface area (Å²) in [6.45, 7) is 2.63. The fourth-order valence-electron chi connectivity index (χ4n) is 3.75. The molecule has 1 N–H and O–H groups in total. The average Bonchev–Trinajstić information content (AvgIpc) is 2.79. The van der Waals surface area contributed by atoms with Crippen LogP contribution in [0, 0.1) is 0 Å². The van der Waals surface area contributed by atoms with E-state index in [1.165, 1.54) is 0 Å². The third-order valence-electron chi connectivity index (χ3n) is 5.23. The van der Waals surface area contributed by atoms with Gasteiger partial charge in [-0.3, -0.25) is 4.79 Å². The number of hydrogen-bond acceptors (Lipinski definition) is 2. The first-order chi connectivity index (χ1) is 14.7. The van der Waals surface area contributed by atoms with E-state index in [0.29, 0.717) is 11.6 Å². The summed E-state index contributed by atoms with van der Waals surface area (Å²) in [5, 5.41) is 4.71. The van der Waals surface area contributed by atoms with Gasteiger partial charge >= 0.3 is 0 Å². The predicted octanol–water partition coefficient (Wildman–Crippen LogP) is 6.09. The second-order valence-corrected chi connectivity index (χ2v) is 7.62. The van der Waals surface area contributed by atoms with Crippen LogP contribution in [0.1, 0.15) is 28.4 Å². The number of amides is 1. The first kappa shape index (κ1) is 20.1. The van der Waals surface area contributed by atoms with Crippen molar-refractivity contribution < 1.29 is 4.79 Å². The molecule has 1 aromatic heterocycles. The van der Waals surface area contributed by atoms with Crippen molar-refractivity contribution in [1.82, 2.24) is 10.3 Å². The molecule has 3 aromatic carbocycles. The van der Waals surface area contributed by atoms with Crippen molar-refractivity contribution in [3.05, 3.63) is 101 Å². The number of carbonyl (C=O) groups is 1. The first-order valence-corrected chi connectivity index (χ1v) is 10.5. The lowest BCUT2D eigenvalue weighted by molar-refractivity contribution is 0.0955. The molecular weight excluding hydrogens is 392 g/mol. The lowest BCUT2D eigenvalue weighted by Gasteiger charge is -2.16. The van der Waals surface area contributed by atoms with Crippen LogP contribution in [0.2, 0.25) is 5.02 Å². The molecule has 0 aliphatic rings. The summed E-state index contributed by atoms with van der Waals surface area (Å²) in [5.74, 6) is -0.0587. The maximum Gasteiger partial charge on any atom is 0.252 e. The number of nitrogens with one attached hydrogen (secondary N) is 1. The number of halogens is 1. The first-order valence-electron chi connectivity index (χ1n) is 10.2. The van der Waals surface area contributed by atoms with Crippen LogP contribution in [0.15, 0.2) is 78.9 Å². The Kier molecular flexibility index (Phi) is 6.10. The zero-order valence-electron chi connectivity index (χ0n) is 16.9. The van der Waals surface area contributed by atoms with Crippen molar-refractivity contribution in [3.8, 4) is 11.3 Å². The van der Waals surface area contributed by atoms with Gasteiger partial charge in [0, 0.05) is 22.5 Å². The Labute approximate surface area is 181 Å². The number of fused-ring (bicyclic) bond motifs is 1. The van der Waals surface area contributed by atoms with E-state index in [4.69, 9.17) is 16.6 Å². The Morgan fingerprint density at radius 1 is 0.933 bits per heavy atom. The second-order valence-electron chi connectivity index (χ2n) is 7.18. The van der Waals surface area contributed by atoms with E-state index in [2.05, 4.69) is 12.2 Å². The van der Waals surface area contributed by atoms with Crippen LogP contribution >= 0.6 is 11.6 Å². The fraction of sp³-hybridized carbons (Fsp3) is 0.154. The van der Waals surface area contributed by atoms with E-state index in [9.17, 15) is 4.79 Å². The SMILES string of the molecule is CCc1c(-c2ccccc2)nc2ccccc2c1C(=O)NCCc1ccc(Cl)cc1. The Hall–Kier alpha value is -3.17. The summed E-state index contributed by atoms with van der Waals surface area (Å²) in [6, 6.07) is 25.6. The fourth-order valence-corrected chi connectivity index (χ4v) is 3.88. The number of nitrogens with zero attached hydrogens (tertiary/aromatic N) is 1. The molecule has 0 fully saturated rings. The highest BCUT2D eigenvalue weighted by Gasteiger charge is 2.20. The summed E-state index contributed by atoms with van der Waals surface area (Å²) in [4.78, 5) is 18.2. The number of benzene rings is 3. The third-order valence-corrected chi connectivity index (χ3v) is 5.49. The highest BCUT2D eigenvalue weighted by molar-refractivity contribution is 6.30. The van der Waals surface area contributed by atoms with E-state index in [1.807, 2.05) is 78.9 Å². The minimum atomic E-state index is -0.0587. The van der Waals surface area contributed by atoms with Crippen LogP contribution in [0.4, 0.5) is 0 Å². The Bertz CT molecular complexity index is 1170. The van der Waals surface area contributed by atoms with Gasteiger partial charge in [-0.15, -0.1) is 0 Å². The Morgan fingerprint density at radius 3 is 2.37 bits per heavy atom. The zero-order valence-corrected chi connectivity index (χ0v) is 17.6. The molecule has 0 saturated heterocycles. The van der Waals surface area contributed by atoms with Gasteiger partial charge in [0.2, 0.25) is 0 Å². The second kappa shape index (κ2) is 9.10. The van der Waals surface area contributed by atoms with E-state index >= 15 is 0 Å². The van der Waals surface area contributed by atoms with Crippen molar-refractivity contribution >= 4 is 28.4 Å². The van der Waals surface area contributed by atoms with Crippen LogP contribution in [0.25, 0.3) is 22.2 Å². The lowest BCUT2D eigenvalue weighted by atomic mass is 9.94. The van der Waals surface area contributed by atoms with Gasteiger partial charge in [-0.05, 0) is 42.2 Å². The van der Waals surface area contributed by atoms with Crippen LogP contribution in [0.5, 0.6) is 0 Å². The zero-order chi connectivity index (χ0) is 20.9. The van der Waals surface area contributed by atoms with Gasteiger partial charge in [-0.25, -0.2) is 4.98 Å². The summed E-state index contributed by atoms with van der Waals surface area (Å²) >= 11 is 5.95. The molecule has 4 aromatic rings. The largest absolute Gasteiger partial charge is 0.352 e. The van der Waals surface area contributed by atoms with Crippen LogP contribution in [0.3, 0.4) is 0 Å². The summed E-state index contributed by atoms with van der Waals surface area (Å²) in [7, 11) is 0. The van der Waals surface area contributed by atoms with Crippen LogP contribution in [-0.2, 0) is 12.8 Å². The van der Waals surface area contributed by atoms with Gasteiger partial charge in [0.1, 0.15) is 0 Å². The number of para-hydroxylation sites is 1. The summed E-state index contributed by atoms with van der Waals surface area (Å²) in [6.07, 6.45) is 1.47. The van der Waals surface area contributed by atoms with E-state index in [0.717, 1.165) is 51.7 Å². The van der Waals surface area contributed by atoms with Gasteiger partial charge in [0.15, 0.2) is 0 Å². The van der Waals surface area contributed by atoms with E-state index < -0.39 is 0 Å². The molecule has 1 heterocycles. The van der Waals surface area contributed by atoms with Crippen molar-refractivity contribution in [1.29, 1.82) is 0 Å². The molecular formula is C26H23ClN2O. The number of rotatable bonds is 6. The maximum absolute atomic E-state index is 13.3. The Balaban J connectivity index is 1.69. The molecule has 4 rings (SSSR count). The maximum atomic E-state index is 13.3. The molecule has 0 saturated carbocycles. The van der Waals surface area contributed by atoms with Crippen molar-refractivity contribution in [3.63, 3.8) is 0 Å². The van der Waals surface area contributed by atoms with Gasteiger partial charge in [-0.2, -0.15) is 0 Å². The topological polar surface area (TPSA) is 42.0 Å². The van der Waals surface area contributed by atoms with E-state index in [-0.39, 0.29) is 5.91 Å². The Morgan fingerprint density at radius 2 is 1.63 bits per heavy atom. The number of aromatic nitrogens is 1. The lowest BCUT2D eigenvalue weighted by Crippen LogP contribution is -2.27. The smallest absolute Gasteiger partial charge is 0.252 e. The number of hydrogen-bond donors (Lipinski definition) is 1. The molecule has 0 bridgehead atoms. The standard InChI is InChI=1S/C26H23ClN2O/c1-2-21-24(26(30)28-17-16-18-12-14-20(27)15-13-18)22-10-6-7-11-23(22)29-25(21)19-8-4-3-5-9-19/h3-15H,2,16-17H2,1H3,(H,28,30). The van der Waals surface area contributed by atoms with Crippen molar-refractivity contribution in [2.45, 2.75) is 19.8 Å². The molecule has 0 aliphatic heterocycles. The number of carbonyl (C=O) groups excluding carboxylic acids is 1. The average molecular weight is 415 g/mol. The van der Waals surface area contributed by atoms with Gasteiger partial charge in [0.25, 0.3) is 5.91 Å². The third kappa shape index (κ3) is 4.22. The minimum Gasteiger partial charge on any atom is -0.352 e. The molecule has 3 nitrogen and oxygen atoms in total. The molecule has 0 unspecified atom stereocenters. The minimum absolute atomic E-state index is 0.0587. The molecule has 0 spiro atoms. The van der Waals surface area contributed by atoms with E-state index in [1.54, 1.807) is 0 Å². The van der Waals surface area contributed by atoms with Crippen LogP contribution < -0.4 is 5.32 Å². The molecule has 1 amide bonds. The molecule has 0 atom stereocenters. The highest BCUT2D eigenvalue weighted by Crippen LogP contribution is 2.30. The highest BCUT2D eigenvalue weighted by atomic mass is 35.5. The number of pyridine rings is 1. The van der Waals surface area contributed by atoms with Gasteiger partial charge in [-0.1, -0.05) is 79.2 Å². The van der Waals surface area contributed by atoms with Crippen LogP contribution in [-0.4, -0.2) is 17.4 Å². The van der Waals surface area contributed by atoms with Gasteiger partial charge in [0.05, 0.1) is 16.8 Å². The summed E-state index contributed by atoms with van der Waals surface area (Å²) in [5.41, 5.74) is 5.56. The normalized spacial score (nSPS) is 10.9.